The third-order valence-electron chi connectivity index (χ3n) is 7.11. The summed E-state index contributed by atoms with van der Waals surface area (Å²) in [7, 11) is 1.64. The molecule has 30 heavy (non-hydrogen) atoms. The van der Waals surface area contributed by atoms with Crippen LogP contribution in [0.1, 0.15) is 26.7 Å². The monoisotopic (exact) mass is 402 g/mol. The highest BCUT2D eigenvalue weighted by Gasteiger charge is 2.51. The fourth-order valence-electron chi connectivity index (χ4n) is 5.05. The molecule has 0 amide bonds. The zero-order valence-electron chi connectivity index (χ0n) is 17.6. The molecule has 4 heteroatoms. The van der Waals surface area contributed by atoms with E-state index in [0.29, 0.717) is 23.5 Å². The van der Waals surface area contributed by atoms with Gasteiger partial charge in [-0.05, 0) is 71.1 Å². The van der Waals surface area contributed by atoms with Gasteiger partial charge in [0.05, 0.1) is 7.11 Å². The average molecular weight is 402 g/mol. The fraction of sp³-hybridized carbons (Fsp3) is 0.346. The maximum Gasteiger partial charge on any atom is 0.336 e. The number of hydrogen-bond donors (Lipinski definition) is 0. The van der Waals surface area contributed by atoms with Gasteiger partial charge in [0, 0.05) is 17.5 Å². The van der Waals surface area contributed by atoms with E-state index in [1.54, 1.807) is 7.11 Å². The van der Waals surface area contributed by atoms with Crippen LogP contribution in [0.3, 0.4) is 0 Å². The van der Waals surface area contributed by atoms with Gasteiger partial charge in [-0.3, -0.25) is 0 Å². The predicted molar refractivity (Wildman–Crippen MR) is 118 cm³/mol. The zero-order valence-corrected chi connectivity index (χ0v) is 17.6. The molecule has 1 heterocycles. The topological polar surface area (TPSA) is 48.7 Å². The summed E-state index contributed by atoms with van der Waals surface area (Å²) in [6, 6.07) is 14.9. The molecule has 3 aliphatic rings. The molecule has 0 N–H and O–H groups in total. The highest BCUT2D eigenvalue weighted by molar-refractivity contribution is 5.93. The van der Waals surface area contributed by atoms with Crippen molar-refractivity contribution in [2.24, 2.45) is 17.3 Å². The summed E-state index contributed by atoms with van der Waals surface area (Å²) in [6.07, 6.45) is 4.78. The van der Waals surface area contributed by atoms with Crippen LogP contribution in [0.5, 0.6) is 11.5 Å². The van der Waals surface area contributed by atoms with E-state index in [1.165, 1.54) is 18.1 Å². The van der Waals surface area contributed by atoms with Crippen molar-refractivity contribution in [1.82, 2.24) is 0 Å². The van der Waals surface area contributed by atoms with Gasteiger partial charge in [-0.15, -0.1) is 0 Å². The second-order valence-electron chi connectivity index (χ2n) is 8.98. The molecule has 0 radical (unpaired) electrons. The number of ether oxygens (including phenoxy) is 2. The fourth-order valence-corrected chi connectivity index (χ4v) is 5.05. The Morgan fingerprint density at radius 2 is 1.83 bits per heavy atom. The lowest BCUT2D eigenvalue weighted by Crippen LogP contribution is -2.48. The Bertz CT molecular complexity index is 1180. The number of rotatable bonds is 5. The molecule has 2 aromatic carbocycles. The summed E-state index contributed by atoms with van der Waals surface area (Å²) in [5.41, 5.74) is 3.73. The van der Waals surface area contributed by atoms with Crippen molar-refractivity contribution in [1.29, 1.82) is 0 Å². The molecular formula is C26H26O4. The first-order valence-corrected chi connectivity index (χ1v) is 10.5. The molecule has 0 spiro atoms. The molecule has 154 valence electrons. The minimum atomic E-state index is -0.372. The normalized spacial score (nSPS) is 21.6. The summed E-state index contributed by atoms with van der Waals surface area (Å²) in [4.78, 5) is 12.2. The van der Waals surface area contributed by atoms with Crippen molar-refractivity contribution in [2.45, 2.75) is 26.7 Å². The van der Waals surface area contributed by atoms with Crippen molar-refractivity contribution >= 4 is 11.0 Å². The molecule has 3 aromatic rings. The first kappa shape index (κ1) is 19.0. The van der Waals surface area contributed by atoms with Gasteiger partial charge in [0.2, 0.25) is 0 Å². The Hall–Kier alpha value is -3.01. The number of hydrogen-bond acceptors (Lipinski definition) is 4. The lowest BCUT2D eigenvalue weighted by Gasteiger charge is -2.56. The standard InChI is InChI=1S/C26H26O4/c1-26(2)18-7-4-17(23(26)12-18)15-29-20-10-11-21-22(14-25(27)30-24(21)13-20)16-5-8-19(28-3)9-6-16/h4-6,8-11,13-14,18,23H,7,12,15H2,1-3H3/t18-,23-/m1/s1. The van der Waals surface area contributed by atoms with Gasteiger partial charge in [-0.2, -0.15) is 0 Å². The van der Waals surface area contributed by atoms with Crippen molar-refractivity contribution in [3.63, 3.8) is 0 Å². The van der Waals surface area contributed by atoms with E-state index in [4.69, 9.17) is 13.9 Å². The second-order valence-corrected chi connectivity index (χ2v) is 8.98. The molecule has 2 atom stereocenters. The van der Waals surface area contributed by atoms with Crippen LogP contribution in [0.25, 0.3) is 22.1 Å². The quantitative estimate of drug-likeness (QED) is 0.397. The molecule has 6 rings (SSSR count). The highest BCUT2D eigenvalue weighted by Crippen LogP contribution is 2.59. The maximum atomic E-state index is 12.2. The van der Waals surface area contributed by atoms with E-state index in [0.717, 1.165) is 40.4 Å². The molecule has 3 aliphatic carbocycles. The first-order valence-electron chi connectivity index (χ1n) is 10.5. The molecule has 4 nitrogen and oxygen atoms in total. The van der Waals surface area contributed by atoms with Gasteiger partial charge in [0.15, 0.2) is 0 Å². The van der Waals surface area contributed by atoms with Crippen LogP contribution < -0.4 is 15.1 Å². The number of methoxy groups -OCH3 is 1. The minimum absolute atomic E-state index is 0.372. The number of fused-ring (bicyclic) bond motifs is 2. The number of allylic oxidation sites excluding steroid dienone is 1. The summed E-state index contributed by atoms with van der Waals surface area (Å²) in [6.45, 7) is 5.32. The van der Waals surface area contributed by atoms with E-state index in [2.05, 4.69) is 19.9 Å². The lowest BCUT2D eigenvalue weighted by atomic mass is 9.49. The average Bonchev–Trinajstić information content (AvgIpc) is 2.77. The Morgan fingerprint density at radius 1 is 1.07 bits per heavy atom. The van der Waals surface area contributed by atoms with Gasteiger partial charge < -0.3 is 13.9 Å². The Balaban J connectivity index is 1.42. The van der Waals surface area contributed by atoms with Crippen LogP contribution in [0.2, 0.25) is 0 Å². The van der Waals surface area contributed by atoms with Gasteiger partial charge in [0.1, 0.15) is 23.7 Å². The first-order chi connectivity index (χ1) is 14.5. The summed E-state index contributed by atoms with van der Waals surface area (Å²) in [5, 5.41) is 0.881. The van der Waals surface area contributed by atoms with E-state index >= 15 is 0 Å². The molecule has 1 fully saturated rings. The van der Waals surface area contributed by atoms with E-state index in [-0.39, 0.29) is 5.63 Å². The largest absolute Gasteiger partial charge is 0.497 e. The predicted octanol–water partition coefficient (Wildman–Crippen LogP) is 5.84. The SMILES string of the molecule is COc1ccc(-c2cc(=O)oc3cc(OCC4=CC[C@@H]5C[C@H]4C5(C)C)ccc23)cc1. The zero-order chi connectivity index (χ0) is 20.9. The molecule has 2 bridgehead atoms. The van der Waals surface area contributed by atoms with Crippen LogP contribution in [0, 0.1) is 17.3 Å². The third-order valence-corrected chi connectivity index (χ3v) is 7.11. The summed E-state index contributed by atoms with van der Waals surface area (Å²) >= 11 is 0. The van der Waals surface area contributed by atoms with Gasteiger partial charge in [-0.1, -0.05) is 32.1 Å². The van der Waals surface area contributed by atoms with Gasteiger partial charge in [-0.25, -0.2) is 4.79 Å². The van der Waals surface area contributed by atoms with Crippen LogP contribution in [0.4, 0.5) is 0 Å². The van der Waals surface area contributed by atoms with Gasteiger partial charge >= 0.3 is 5.63 Å². The molecule has 0 unspecified atom stereocenters. The number of benzene rings is 2. The van der Waals surface area contributed by atoms with Crippen molar-refractivity contribution < 1.29 is 13.9 Å². The van der Waals surface area contributed by atoms with E-state index in [1.807, 2.05) is 42.5 Å². The summed E-state index contributed by atoms with van der Waals surface area (Å²) < 4.78 is 16.8. The van der Waals surface area contributed by atoms with Crippen LogP contribution in [0.15, 0.2) is 69.4 Å². The third kappa shape index (κ3) is 3.11. The molecule has 1 aromatic heterocycles. The smallest absolute Gasteiger partial charge is 0.336 e. The molecule has 1 saturated carbocycles. The Labute approximate surface area is 176 Å². The lowest BCUT2D eigenvalue weighted by molar-refractivity contribution is -0.0115. The molecule has 0 aliphatic heterocycles. The van der Waals surface area contributed by atoms with Crippen molar-refractivity contribution in [3.8, 4) is 22.6 Å². The Morgan fingerprint density at radius 3 is 2.53 bits per heavy atom. The van der Waals surface area contributed by atoms with Crippen molar-refractivity contribution in [2.75, 3.05) is 13.7 Å². The van der Waals surface area contributed by atoms with Crippen LogP contribution in [-0.4, -0.2) is 13.7 Å². The van der Waals surface area contributed by atoms with Crippen LogP contribution in [-0.2, 0) is 0 Å². The van der Waals surface area contributed by atoms with E-state index in [9.17, 15) is 4.79 Å². The summed E-state index contributed by atoms with van der Waals surface area (Å²) in [5.74, 6) is 2.94. The van der Waals surface area contributed by atoms with E-state index < -0.39 is 0 Å². The minimum Gasteiger partial charge on any atom is -0.497 e. The highest BCUT2D eigenvalue weighted by atomic mass is 16.5. The van der Waals surface area contributed by atoms with Crippen molar-refractivity contribution in [3.05, 3.63) is 70.6 Å². The maximum absolute atomic E-state index is 12.2. The molecular weight excluding hydrogens is 376 g/mol. The molecule has 0 saturated heterocycles. The Kier molecular flexibility index (Phi) is 4.46. The second kappa shape index (κ2) is 7.05. The van der Waals surface area contributed by atoms with Crippen LogP contribution >= 0.6 is 0 Å². The van der Waals surface area contributed by atoms with Gasteiger partial charge in [0.25, 0.3) is 0 Å².